The molecule has 0 spiro atoms. The lowest BCUT2D eigenvalue weighted by atomic mass is 10.0. The molecule has 0 bridgehead atoms. The van der Waals surface area contributed by atoms with Crippen molar-refractivity contribution >= 4 is 11.4 Å². The van der Waals surface area contributed by atoms with Crippen LogP contribution in [-0.4, -0.2) is 30.6 Å². The molecular weight excluding hydrogens is 287 g/mol. The van der Waals surface area contributed by atoms with E-state index in [2.05, 4.69) is 5.32 Å². The van der Waals surface area contributed by atoms with Crippen LogP contribution in [-0.2, 0) is 6.18 Å². The van der Waals surface area contributed by atoms with E-state index in [0.717, 1.165) is 6.07 Å². The third-order valence-electron chi connectivity index (χ3n) is 3.47. The van der Waals surface area contributed by atoms with Crippen LogP contribution < -0.4 is 10.2 Å². The molecule has 8 heteroatoms. The van der Waals surface area contributed by atoms with Gasteiger partial charge in [0, 0.05) is 37.5 Å². The number of hydrogen-bond donors (Lipinski definition) is 1. The Balaban J connectivity index is 2.47. The lowest BCUT2D eigenvalue weighted by Gasteiger charge is -2.40. The summed E-state index contributed by atoms with van der Waals surface area (Å²) in [4.78, 5) is 11.6. The maximum Gasteiger partial charge on any atom is 0.418 e. The number of halogens is 3. The van der Waals surface area contributed by atoms with Gasteiger partial charge in [-0.1, -0.05) is 6.92 Å². The van der Waals surface area contributed by atoms with Crippen LogP contribution in [0.5, 0.6) is 0 Å². The summed E-state index contributed by atoms with van der Waals surface area (Å²) < 4.78 is 39.6. The molecule has 1 aliphatic rings. The van der Waals surface area contributed by atoms with Gasteiger partial charge in [-0.3, -0.25) is 10.1 Å². The van der Waals surface area contributed by atoms with E-state index in [0.29, 0.717) is 32.1 Å². The summed E-state index contributed by atoms with van der Waals surface area (Å²) in [6, 6.07) is 2.94. The molecule has 1 aromatic carbocycles. The number of nitro groups is 1. The average molecular weight is 303 g/mol. The lowest BCUT2D eigenvalue weighted by molar-refractivity contribution is -0.385. The van der Waals surface area contributed by atoms with E-state index in [9.17, 15) is 23.3 Å². The van der Waals surface area contributed by atoms with E-state index in [-0.39, 0.29) is 11.7 Å². The first-order valence-corrected chi connectivity index (χ1v) is 6.67. The molecule has 1 heterocycles. The highest BCUT2D eigenvalue weighted by Gasteiger charge is 2.38. The number of hydrogen-bond acceptors (Lipinski definition) is 4. The molecule has 0 aliphatic carbocycles. The molecule has 0 saturated carbocycles. The minimum Gasteiger partial charge on any atom is -0.365 e. The second kappa shape index (κ2) is 5.88. The third-order valence-corrected chi connectivity index (χ3v) is 3.47. The Labute approximate surface area is 119 Å². The molecular formula is C13H16F3N3O2. The van der Waals surface area contributed by atoms with Crippen molar-refractivity contribution in [1.82, 2.24) is 5.32 Å². The van der Waals surface area contributed by atoms with Crippen LogP contribution in [0.4, 0.5) is 24.5 Å². The topological polar surface area (TPSA) is 58.4 Å². The minimum absolute atomic E-state index is 0.00694. The number of benzene rings is 1. The standard InChI is InChI=1S/C13H16F3N3O2/c1-2-5-18(10-7-17-8-10)12-4-3-9(19(20)21)6-11(12)13(14,15)16/h3-4,6,10,17H,2,5,7-8H2,1H3. The van der Waals surface area contributed by atoms with E-state index in [1.54, 1.807) is 4.90 Å². The maximum absolute atomic E-state index is 13.2. The molecule has 0 radical (unpaired) electrons. The summed E-state index contributed by atoms with van der Waals surface area (Å²) in [6.45, 7) is 3.60. The highest BCUT2D eigenvalue weighted by molar-refractivity contribution is 5.60. The first-order valence-electron chi connectivity index (χ1n) is 6.67. The van der Waals surface area contributed by atoms with Crippen LogP contribution in [0.1, 0.15) is 18.9 Å². The quantitative estimate of drug-likeness (QED) is 0.671. The molecule has 1 N–H and O–H groups in total. The first kappa shape index (κ1) is 15.6. The molecule has 0 unspecified atom stereocenters. The average Bonchev–Trinajstić information content (AvgIpc) is 2.34. The van der Waals surface area contributed by atoms with Gasteiger partial charge in [0.1, 0.15) is 0 Å². The number of nitro benzene ring substituents is 1. The lowest BCUT2D eigenvalue weighted by Crippen LogP contribution is -2.58. The summed E-state index contributed by atoms with van der Waals surface area (Å²) in [7, 11) is 0. The zero-order valence-electron chi connectivity index (χ0n) is 11.5. The van der Waals surface area contributed by atoms with E-state index in [4.69, 9.17) is 0 Å². The number of anilines is 1. The minimum atomic E-state index is -4.62. The van der Waals surface area contributed by atoms with Gasteiger partial charge in [-0.2, -0.15) is 13.2 Å². The van der Waals surface area contributed by atoms with Gasteiger partial charge in [-0.15, -0.1) is 0 Å². The molecule has 116 valence electrons. The van der Waals surface area contributed by atoms with Crippen LogP contribution >= 0.6 is 0 Å². The molecule has 0 atom stereocenters. The molecule has 0 amide bonds. The Morgan fingerprint density at radius 3 is 2.52 bits per heavy atom. The summed E-state index contributed by atoms with van der Waals surface area (Å²) in [5.74, 6) is 0. The largest absolute Gasteiger partial charge is 0.418 e. The summed E-state index contributed by atoms with van der Waals surface area (Å²) in [5.41, 5.74) is -1.48. The van der Waals surface area contributed by atoms with Gasteiger partial charge in [0.2, 0.25) is 0 Å². The SMILES string of the molecule is CCCN(c1ccc([N+](=O)[O-])cc1C(F)(F)F)C1CNC1. The second-order valence-electron chi connectivity index (χ2n) is 4.96. The van der Waals surface area contributed by atoms with Gasteiger partial charge in [0.25, 0.3) is 5.69 Å². The zero-order valence-corrected chi connectivity index (χ0v) is 11.5. The molecule has 1 fully saturated rings. The normalized spacial score (nSPS) is 15.6. The van der Waals surface area contributed by atoms with E-state index in [1.807, 2.05) is 6.92 Å². The molecule has 0 aromatic heterocycles. The van der Waals surface area contributed by atoms with Gasteiger partial charge < -0.3 is 10.2 Å². The monoisotopic (exact) mass is 303 g/mol. The molecule has 5 nitrogen and oxygen atoms in total. The molecule has 1 aromatic rings. The molecule has 1 saturated heterocycles. The Morgan fingerprint density at radius 2 is 2.10 bits per heavy atom. The van der Waals surface area contributed by atoms with Crippen molar-refractivity contribution in [3.63, 3.8) is 0 Å². The van der Waals surface area contributed by atoms with E-state index < -0.39 is 22.4 Å². The highest BCUT2D eigenvalue weighted by atomic mass is 19.4. The number of rotatable bonds is 5. The predicted molar refractivity (Wildman–Crippen MR) is 72.4 cm³/mol. The van der Waals surface area contributed by atoms with Gasteiger partial charge in [-0.25, -0.2) is 0 Å². The Morgan fingerprint density at radius 1 is 1.43 bits per heavy atom. The Bertz CT molecular complexity index is 530. The van der Waals surface area contributed by atoms with Crippen molar-refractivity contribution in [2.45, 2.75) is 25.6 Å². The van der Waals surface area contributed by atoms with Crippen LogP contribution in [0.3, 0.4) is 0 Å². The fraction of sp³-hybridized carbons (Fsp3) is 0.538. The molecule has 2 rings (SSSR count). The number of nitrogens with zero attached hydrogens (tertiary/aromatic N) is 2. The van der Waals surface area contributed by atoms with E-state index in [1.165, 1.54) is 6.07 Å². The fourth-order valence-electron chi connectivity index (χ4n) is 2.35. The number of non-ortho nitro benzene ring substituents is 1. The van der Waals surface area contributed by atoms with Crippen molar-refractivity contribution in [2.24, 2.45) is 0 Å². The predicted octanol–water partition coefficient (Wildman–Crippen LogP) is 2.80. The second-order valence-corrected chi connectivity index (χ2v) is 4.96. The van der Waals surface area contributed by atoms with Gasteiger partial charge in [-0.05, 0) is 12.5 Å². The van der Waals surface area contributed by atoms with Crippen LogP contribution in [0, 0.1) is 10.1 Å². The van der Waals surface area contributed by atoms with E-state index >= 15 is 0 Å². The van der Waals surface area contributed by atoms with Crippen LogP contribution in [0.15, 0.2) is 18.2 Å². The smallest absolute Gasteiger partial charge is 0.365 e. The van der Waals surface area contributed by atoms with Crippen molar-refractivity contribution < 1.29 is 18.1 Å². The zero-order chi connectivity index (χ0) is 15.6. The third kappa shape index (κ3) is 3.26. The fourth-order valence-corrected chi connectivity index (χ4v) is 2.35. The first-order chi connectivity index (χ1) is 9.84. The van der Waals surface area contributed by atoms with Crippen LogP contribution in [0.25, 0.3) is 0 Å². The Kier molecular flexibility index (Phi) is 4.36. The van der Waals surface area contributed by atoms with Crippen molar-refractivity contribution in [3.05, 3.63) is 33.9 Å². The van der Waals surface area contributed by atoms with Gasteiger partial charge in [0.15, 0.2) is 0 Å². The highest BCUT2D eigenvalue weighted by Crippen LogP contribution is 2.39. The van der Waals surface area contributed by atoms with Crippen molar-refractivity contribution in [1.29, 1.82) is 0 Å². The Hall–Kier alpha value is -1.83. The number of nitrogens with one attached hydrogen (secondary N) is 1. The molecule has 1 aliphatic heterocycles. The van der Waals surface area contributed by atoms with Crippen molar-refractivity contribution in [2.75, 3.05) is 24.5 Å². The molecule has 21 heavy (non-hydrogen) atoms. The number of alkyl halides is 3. The van der Waals surface area contributed by atoms with Gasteiger partial charge >= 0.3 is 6.18 Å². The maximum atomic E-state index is 13.2. The summed E-state index contributed by atoms with van der Waals surface area (Å²) in [5, 5.41) is 13.7. The van der Waals surface area contributed by atoms with Gasteiger partial charge in [0.05, 0.1) is 16.5 Å². The van der Waals surface area contributed by atoms with Crippen molar-refractivity contribution in [3.8, 4) is 0 Å². The summed E-state index contributed by atoms with van der Waals surface area (Å²) in [6.07, 6.45) is -3.92. The van der Waals surface area contributed by atoms with Crippen LogP contribution in [0.2, 0.25) is 0 Å². The summed E-state index contributed by atoms with van der Waals surface area (Å²) >= 11 is 0.